The van der Waals surface area contributed by atoms with E-state index in [9.17, 15) is 4.79 Å². The zero-order valence-electron chi connectivity index (χ0n) is 14.4. The van der Waals surface area contributed by atoms with Gasteiger partial charge in [0.05, 0.1) is 4.47 Å². The minimum Gasteiger partial charge on any atom is -0.483 e. The highest BCUT2D eigenvalue weighted by atomic mass is 79.9. The second-order valence-electron chi connectivity index (χ2n) is 6.27. The normalized spacial score (nSPS) is 12.7. The number of anilines is 1. The molecule has 3 aromatic rings. The molecule has 0 atom stereocenters. The molecule has 1 aliphatic heterocycles. The van der Waals surface area contributed by atoms with Gasteiger partial charge in [0.1, 0.15) is 5.75 Å². The van der Waals surface area contributed by atoms with Gasteiger partial charge in [-0.15, -0.1) is 0 Å². The van der Waals surface area contributed by atoms with Gasteiger partial charge in [0.15, 0.2) is 11.7 Å². The zero-order valence-corrected chi connectivity index (χ0v) is 16.8. The molecule has 0 unspecified atom stereocenters. The first-order valence-electron chi connectivity index (χ1n) is 8.63. The van der Waals surface area contributed by atoms with Crippen LogP contribution < -0.4 is 15.0 Å². The number of nitrogens with zero attached hydrogens (tertiary/aromatic N) is 1. The molecular formula is C21H17BrN2O2S. The third-order valence-electron chi connectivity index (χ3n) is 4.57. The lowest BCUT2D eigenvalue weighted by Gasteiger charge is -2.20. The number of carbonyl (C=O) groups is 1. The maximum atomic E-state index is 12.3. The first-order chi connectivity index (χ1) is 13.1. The van der Waals surface area contributed by atoms with Gasteiger partial charge < -0.3 is 9.64 Å². The van der Waals surface area contributed by atoms with Gasteiger partial charge in [-0.05, 0) is 63.0 Å². The summed E-state index contributed by atoms with van der Waals surface area (Å²) in [6, 6.07) is 19.9. The number of fused-ring (bicyclic) bond motifs is 2. The van der Waals surface area contributed by atoms with Crippen LogP contribution in [0.4, 0.5) is 5.69 Å². The van der Waals surface area contributed by atoms with Crippen molar-refractivity contribution >= 4 is 55.6 Å². The van der Waals surface area contributed by atoms with Crippen LogP contribution in [0.2, 0.25) is 0 Å². The second-order valence-corrected chi connectivity index (χ2v) is 7.45. The molecule has 0 saturated heterocycles. The van der Waals surface area contributed by atoms with Gasteiger partial charge in [-0.2, -0.15) is 0 Å². The van der Waals surface area contributed by atoms with E-state index < -0.39 is 0 Å². The van der Waals surface area contributed by atoms with Gasteiger partial charge >= 0.3 is 0 Å². The lowest BCUT2D eigenvalue weighted by Crippen LogP contribution is -2.43. The third kappa shape index (κ3) is 3.68. The molecule has 4 rings (SSSR count). The van der Waals surface area contributed by atoms with Crippen LogP contribution in [0.5, 0.6) is 5.75 Å². The Balaban J connectivity index is 1.39. The van der Waals surface area contributed by atoms with Gasteiger partial charge in [-0.1, -0.05) is 48.5 Å². The van der Waals surface area contributed by atoms with E-state index in [1.807, 2.05) is 59.5 Å². The van der Waals surface area contributed by atoms with Gasteiger partial charge in [-0.25, -0.2) is 0 Å². The van der Waals surface area contributed by atoms with Crippen molar-refractivity contribution in [2.75, 3.05) is 18.1 Å². The van der Waals surface area contributed by atoms with E-state index in [1.54, 1.807) is 0 Å². The highest BCUT2D eigenvalue weighted by molar-refractivity contribution is 9.10. The maximum absolute atomic E-state index is 12.3. The van der Waals surface area contributed by atoms with Crippen LogP contribution in [0.25, 0.3) is 10.8 Å². The standard InChI is InChI=1S/C21H17BrN2O2S/c22-20-16-7-3-1-5-14(16)9-10-18(20)26-13-19(25)23-21(27)24-12-11-15-6-2-4-8-17(15)24/h1-10H,11-13H2,(H,23,25,27). The lowest BCUT2D eigenvalue weighted by atomic mass is 10.1. The molecule has 0 saturated carbocycles. The van der Waals surface area contributed by atoms with Crippen LogP contribution in [0.3, 0.4) is 0 Å². The first-order valence-corrected chi connectivity index (χ1v) is 9.83. The minimum atomic E-state index is -0.274. The fraction of sp³-hybridized carbons (Fsp3) is 0.143. The molecule has 1 heterocycles. The molecule has 0 fully saturated rings. The number of ether oxygens (including phenoxy) is 1. The molecule has 1 amide bonds. The molecule has 0 radical (unpaired) electrons. The highest BCUT2D eigenvalue weighted by Crippen LogP contribution is 2.33. The van der Waals surface area contributed by atoms with Crippen molar-refractivity contribution in [1.82, 2.24) is 5.32 Å². The second kappa shape index (κ2) is 7.66. The number of carbonyl (C=O) groups excluding carboxylic acids is 1. The van der Waals surface area contributed by atoms with Crippen molar-refractivity contribution in [3.8, 4) is 5.75 Å². The highest BCUT2D eigenvalue weighted by Gasteiger charge is 2.22. The summed E-state index contributed by atoms with van der Waals surface area (Å²) in [6.07, 6.45) is 0.923. The smallest absolute Gasteiger partial charge is 0.264 e. The molecule has 0 aliphatic carbocycles. The monoisotopic (exact) mass is 440 g/mol. The number of amides is 1. The molecule has 6 heteroatoms. The Morgan fingerprint density at radius 1 is 1.11 bits per heavy atom. The minimum absolute atomic E-state index is 0.105. The molecular weight excluding hydrogens is 424 g/mol. The Bertz CT molecular complexity index is 1040. The number of rotatable bonds is 3. The lowest BCUT2D eigenvalue weighted by molar-refractivity contribution is -0.121. The summed E-state index contributed by atoms with van der Waals surface area (Å²) in [6.45, 7) is 0.669. The molecule has 1 aliphatic rings. The Morgan fingerprint density at radius 2 is 1.89 bits per heavy atom. The molecule has 0 aromatic heterocycles. The van der Waals surface area contributed by atoms with Crippen molar-refractivity contribution in [2.45, 2.75) is 6.42 Å². The average Bonchev–Trinajstić information content (AvgIpc) is 3.12. The fourth-order valence-corrected chi connectivity index (χ4v) is 4.15. The van der Waals surface area contributed by atoms with E-state index in [0.29, 0.717) is 10.9 Å². The fourth-order valence-electron chi connectivity index (χ4n) is 3.24. The average molecular weight is 441 g/mol. The Kier molecular flexibility index (Phi) is 5.09. The third-order valence-corrected chi connectivity index (χ3v) is 5.71. The predicted molar refractivity (Wildman–Crippen MR) is 115 cm³/mol. The van der Waals surface area contributed by atoms with Crippen molar-refractivity contribution in [2.24, 2.45) is 0 Å². The number of halogens is 1. The summed E-state index contributed by atoms with van der Waals surface area (Å²) in [5.74, 6) is 0.353. The summed E-state index contributed by atoms with van der Waals surface area (Å²) < 4.78 is 6.54. The van der Waals surface area contributed by atoms with Crippen LogP contribution in [0.1, 0.15) is 5.56 Å². The number of benzene rings is 3. The molecule has 136 valence electrons. The van der Waals surface area contributed by atoms with Crippen LogP contribution in [-0.4, -0.2) is 24.2 Å². The summed E-state index contributed by atoms with van der Waals surface area (Å²) in [7, 11) is 0. The van der Waals surface area contributed by atoms with Crippen LogP contribution in [0, 0.1) is 0 Å². The number of thiocarbonyl (C=S) groups is 1. The number of nitrogens with one attached hydrogen (secondary N) is 1. The Morgan fingerprint density at radius 3 is 2.78 bits per heavy atom. The number of hydrogen-bond donors (Lipinski definition) is 1. The molecule has 0 spiro atoms. The van der Waals surface area contributed by atoms with E-state index in [2.05, 4.69) is 27.3 Å². The molecule has 1 N–H and O–H groups in total. The summed E-state index contributed by atoms with van der Waals surface area (Å²) in [5, 5.41) is 5.32. The first kappa shape index (κ1) is 17.9. The van der Waals surface area contributed by atoms with Gasteiger partial charge in [0, 0.05) is 12.2 Å². The number of hydrogen-bond acceptors (Lipinski definition) is 3. The van der Waals surface area contributed by atoms with Gasteiger partial charge in [-0.3, -0.25) is 10.1 Å². The molecule has 4 nitrogen and oxygen atoms in total. The zero-order chi connectivity index (χ0) is 18.8. The summed E-state index contributed by atoms with van der Waals surface area (Å²) in [5.41, 5.74) is 2.30. The largest absolute Gasteiger partial charge is 0.483 e. The summed E-state index contributed by atoms with van der Waals surface area (Å²) >= 11 is 8.98. The van der Waals surface area contributed by atoms with E-state index in [1.165, 1.54) is 5.56 Å². The topological polar surface area (TPSA) is 41.6 Å². The van der Waals surface area contributed by atoms with E-state index in [-0.39, 0.29) is 12.5 Å². The quantitative estimate of drug-likeness (QED) is 0.611. The molecule has 0 bridgehead atoms. The Hall–Kier alpha value is -2.44. The molecule has 27 heavy (non-hydrogen) atoms. The molecule has 3 aromatic carbocycles. The van der Waals surface area contributed by atoms with Gasteiger partial charge in [0.2, 0.25) is 0 Å². The number of para-hydroxylation sites is 1. The summed E-state index contributed by atoms with van der Waals surface area (Å²) in [4.78, 5) is 14.3. The van der Waals surface area contributed by atoms with Crippen molar-refractivity contribution < 1.29 is 9.53 Å². The van der Waals surface area contributed by atoms with Crippen LogP contribution in [-0.2, 0) is 11.2 Å². The van der Waals surface area contributed by atoms with Gasteiger partial charge in [0.25, 0.3) is 5.91 Å². The van der Waals surface area contributed by atoms with Crippen LogP contribution in [0.15, 0.2) is 65.1 Å². The van der Waals surface area contributed by atoms with E-state index in [0.717, 1.165) is 33.9 Å². The van der Waals surface area contributed by atoms with Crippen LogP contribution >= 0.6 is 28.1 Å². The predicted octanol–water partition coefficient (Wildman–Crippen LogP) is 4.44. The Labute approximate surface area is 171 Å². The van der Waals surface area contributed by atoms with E-state index >= 15 is 0 Å². The van der Waals surface area contributed by atoms with Crippen molar-refractivity contribution in [3.05, 3.63) is 70.7 Å². The van der Waals surface area contributed by atoms with E-state index in [4.69, 9.17) is 17.0 Å². The van der Waals surface area contributed by atoms with Crippen molar-refractivity contribution in [3.63, 3.8) is 0 Å². The maximum Gasteiger partial charge on any atom is 0.264 e. The van der Waals surface area contributed by atoms with Crippen molar-refractivity contribution in [1.29, 1.82) is 0 Å². The SMILES string of the molecule is O=C(COc1ccc2ccccc2c1Br)NC(=S)N1CCc2ccccc21.